The number of ether oxygens (including phenoxy) is 1. The summed E-state index contributed by atoms with van der Waals surface area (Å²) >= 11 is 1.40. The SMILES string of the molecule is COc1ccc(/C=C(\C#N)C(=O)Nc2nc3ccc(C(C)(C)C)cc3s2)cc1. The van der Waals surface area contributed by atoms with Gasteiger partial charge in [-0.15, -0.1) is 0 Å². The zero-order valence-corrected chi connectivity index (χ0v) is 17.1. The van der Waals surface area contributed by atoms with Crippen molar-refractivity contribution < 1.29 is 9.53 Å². The highest BCUT2D eigenvalue weighted by Crippen LogP contribution is 2.31. The molecule has 1 heterocycles. The van der Waals surface area contributed by atoms with Crippen molar-refractivity contribution in [1.29, 1.82) is 5.26 Å². The van der Waals surface area contributed by atoms with Crippen LogP contribution in [0.4, 0.5) is 5.13 Å². The predicted molar refractivity (Wildman–Crippen MR) is 114 cm³/mol. The van der Waals surface area contributed by atoms with Gasteiger partial charge in [-0.2, -0.15) is 5.26 Å². The molecule has 2 aromatic carbocycles. The molecule has 1 N–H and O–H groups in total. The molecule has 3 aromatic rings. The van der Waals surface area contributed by atoms with Gasteiger partial charge in [0, 0.05) is 0 Å². The number of nitrogens with one attached hydrogen (secondary N) is 1. The number of methoxy groups -OCH3 is 1. The summed E-state index contributed by atoms with van der Waals surface area (Å²) in [6, 6.07) is 15.2. The number of anilines is 1. The molecule has 0 unspecified atom stereocenters. The molecule has 0 bridgehead atoms. The van der Waals surface area contributed by atoms with Gasteiger partial charge >= 0.3 is 0 Å². The molecule has 6 heteroatoms. The lowest BCUT2D eigenvalue weighted by atomic mass is 9.87. The maximum absolute atomic E-state index is 12.5. The van der Waals surface area contributed by atoms with Gasteiger partial charge in [-0.1, -0.05) is 50.3 Å². The Balaban J connectivity index is 1.82. The fraction of sp³-hybridized carbons (Fsp3) is 0.227. The average Bonchev–Trinajstić information content (AvgIpc) is 3.07. The smallest absolute Gasteiger partial charge is 0.268 e. The van der Waals surface area contributed by atoms with Gasteiger partial charge in [0.1, 0.15) is 17.4 Å². The van der Waals surface area contributed by atoms with Gasteiger partial charge in [-0.3, -0.25) is 10.1 Å². The van der Waals surface area contributed by atoms with Crippen LogP contribution in [0.3, 0.4) is 0 Å². The van der Waals surface area contributed by atoms with Crippen molar-refractivity contribution in [2.45, 2.75) is 26.2 Å². The minimum Gasteiger partial charge on any atom is -0.497 e. The Morgan fingerprint density at radius 2 is 1.93 bits per heavy atom. The van der Waals surface area contributed by atoms with Crippen LogP contribution in [0.5, 0.6) is 5.75 Å². The predicted octanol–water partition coefficient (Wildman–Crippen LogP) is 5.15. The minimum atomic E-state index is -0.478. The second-order valence-electron chi connectivity index (χ2n) is 7.35. The highest BCUT2D eigenvalue weighted by Gasteiger charge is 2.16. The fourth-order valence-corrected chi connectivity index (χ4v) is 3.52. The molecule has 0 aliphatic carbocycles. The van der Waals surface area contributed by atoms with Gasteiger partial charge < -0.3 is 4.74 Å². The van der Waals surface area contributed by atoms with Gasteiger partial charge in [0.05, 0.1) is 17.3 Å². The summed E-state index contributed by atoms with van der Waals surface area (Å²) in [5.41, 5.74) is 2.83. The fourth-order valence-electron chi connectivity index (χ4n) is 2.62. The maximum Gasteiger partial charge on any atom is 0.268 e. The van der Waals surface area contributed by atoms with Crippen LogP contribution in [0.1, 0.15) is 31.9 Å². The van der Waals surface area contributed by atoms with E-state index < -0.39 is 5.91 Å². The molecule has 0 spiro atoms. The number of hydrogen-bond donors (Lipinski definition) is 1. The van der Waals surface area contributed by atoms with Gasteiger partial charge in [-0.25, -0.2) is 4.98 Å². The van der Waals surface area contributed by atoms with Crippen LogP contribution in [-0.2, 0) is 10.2 Å². The highest BCUT2D eigenvalue weighted by molar-refractivity contribution is 7.22. The number of amides is 1. The van der Waals surface area contributed by atoms with E-state index in [-0.39, 0.29) is 11.0 Å². The van der Waals surface area contributed by atoms with Crippen LogP contribution in [0, 0.1) is 11.3 Å². The van der Waals surface area contributed by atoms with Gasteiger partial charge in [0.2, 0.25) is 0 Å². The maximum atomic E-state index is 12.5. The molecule has 142 valence electrons. The van der Waals surface area contributed by atoms with E-state index in [0.29, 0.717) is 10.9 Å². The molecular formula is C22H21N3O2S. The van der Waals surface area contributed by atoms with E-state index in [1.165, 1.54) is 16.9 Å². The van der Waals surface area contributed by atoms with E-state index in [4.69, 9.17) is 4.74 Å². The first kappa shape index (κ1) is 19.6. The number of rotatable bonds is 4. The second kappa shape index (κ2) is 7.83. The number of nitriles is 1. The first-order valence-corrected chi connectivity index (χ1v) is 9.60. The lowest BCUT2D eigenvalue weighted by Crippen LogP contribution is -2.13. The average molecular weight is 391 g/mol. The third kappa shape index (κ3) is 4.38. The van der Waals surface area contributed by atoms with Crippen LogP contribution >= 0.6 is 11.3 Å². The molecule has 0 aliphatic heterocycles. The summed E-state index contributed by atoms with van der Waals surface area (Å²) in [5, 5.41) is 12.6. The summed E-state index contributed by atoms with van der Waals surface area (Å²) in [5.74, 6) is 0.234. The number of carbonyl (C=O) groups is 1. The largest absolute Gasteiger partial charge is 0.497 e. The third-order valence-electron chi connectivity index (χ3n) is 4.27. The van der Waals surface area contributed by atoms with Crippen LogP contribution in [0.2, 0.25) is 0 Å². The van der Waals surface area contributed by atoms with Crippen molar-refractivity contribution in [2.75, 3.05) is 12.4 Å². The number of nitrogens with zero attached hydrogens (tertiary/aromatic N) is 2. The van der Waals surface area contributed by atoms with Gasteiger partial charge in [-0.05, 0) is 46.9 Å². The van der Waals surface area contributed by atoms with E-state index >= 15 is 0 Å². The quantitative estimate of drug-likeness (QED) is 0.493. The Hall–Kier alpha value is -3.17. The minimum absolute atomic E-state index is 0.0137. The lowest BCUT2D eigenvalue weighted by Gasteiger charge is -2.18. The normalized spacial score (nSPS) is 11.9. The summed E-state index contributed by atoms with van der Waals surface area (Å²) in [6.45, 7) is 6.46. The van der Waals surface area contributed by atoms with E-state index in [2.05, 4.69) is 43.2 Å². The van der Waals surface area contributed by atoms with E-state index in [0.717, 1.165) is 15.8 Å². The van der Waals surface area contributed by atoms with Crippen molar-refractivity contribution >= 4 is 38.7 Å². The number of thiazole rings is 1. The Kier molecular flexibility index (Phi) is 5.48. The van der Waals surface area contributed by atoms with Crippen LogP contribution in [0.15, 0.2) is 48.0 Å². The van der Waals surface area contributed by atoms with Gasteiger partial charge in [0.25, 0.3) is 5.91 Å². The van der Waals surface area contributed by atoms with Crippen LogP contribution in [-0.4, -0.2) is 18.0 Å². The molecule has 0 radical (unpaired) electrons. The molecule has 0 saturated heterocycles. The van der Waals surface area contributed by atoms with Crippen molar-refractivity contribution in [3.05, 3.63) is 59.2 Å². The summed E-state index contributed by atoms with van der Waals surface area (Å²) < 4.78 is 6.11. The van der Waals surface area contributed by atoms with Crippen LogP contribution < -0.4 is 10.1 Å². The van der Waals surface area contributed by atoms with Crippen molar-refractivity contribution in [3.8, 4) is 11.8 Å². The Morgan fingerprint density at radius 1 is 1.21 bits per heavy atom. The standard InChI is InChI=1S/C22H21N3O2S/c1-22(2,3)16-7-10-18-19(12-16)28-21(24-18)25-20(26)15(13-23)11-14-5-8-17(27-4)9-6-14/h5-12H,1-4H3,(H,24,25,26)/b15-11+. The molecule has 5 nitrogen and oxygen atoms in total. The molecule has 0 saturated carbocycles. The third-order valence-corrected chi connectivity index (χ3v) is 5.20. The molecule has 0 atom stereocenters. The molecule has 1 aromatic heterocycles. The first-order valence-electron chi connectivity index (χ1n) is 8.78. The van der Waals surface area contributed by atoms with Crippen molar-refractivity contribution in [3.63, 3.8) is 0 Å². The Labute approximate surface area is 168 Å². The molecule has 3 rings (SSSR count). The lowest BCUT2D eigenvalue weighted by molar-refractivity contribution is -0.112. The molecule has 0 aliphatic rings. The van der Waals surface area contributed by atoms with Gasteiger partial charge in [0.15, 0.2) is 5.13 Å². The zero-order valence-electron chi connectivity index (χ0n) is 16.2. The molecule has 0 fully saturated rings. The number of aromatic nitrogens is 1. The summed E-state index contributed by atoms with van der Waals surface area (Å²) in [6.07, 6.45) is 1.54. The Bertz CT molecular complexity index is 1080. The molecular weight excluding hydrogens is 370 g/mol. The second-order valence-corrected chi connectivity index (χ2v) is 8.38. The molecule has 28 heavy (non-hydrogen) atoms. The number of fused-ring (bicyclic) bond motifs is 1. The number of carbonyl (C=O) groups excluding carboxylic acids is 1. The Morgan fingerprint density at radius 3 is 2.54 bits per heavy atom. The first-order chi connectivity index (χ1) is 13.3. The van der Waals surface area contributed by atoms with Crippen molar-refractivity contribution in [2.24, 2.45) is 0 Å². The van der Waals surface area contributed by atoms with E-state index in [9.17, 15) is 10.1 Å². The van der Waals surface area contributed by atoms with E-state index in [1.807, 2.05) is 12.1 Å². The van der Waals surface area contributed by atoms with E-state index in [1.54, 1.807) is 37.5 Å². The molecule has 1 amide bonds. The topological polar surface area (TPSA) is 75.0 Å². The van der Waals surface area contributed by atoms with Crippen LogP contribution in [0.25, 0.3) is 16.3 Å². The summed E-state index contributed by atoms with van der Waals surface area (Å²) in [4.78, 5) is 17.0. The monoisotopic (exact) mass is 391 g/mol. The summed E-state index contributed by atoms with van der Waals surface area (Å²) in [7, 11) is 1.58. The zero-order chi connectivity index (χ0) is 20.3. The van der Waals surface area contributed by atoms with Crippen molar-refractivity contribution in [1.82, 2.24) is 4.98 Å². The highest BCUT2D eigenvalue weighted by atomic mass is 32.1. The number of benzene rings is 2. The number of hydrogen-bond acceptors (Lipinski definition) is 5.